The Labute approximate surface area is 166 Å². The quantitative estimate of drug-likeness (QED) is 0.631. The van der Waals surface area contributed by atoms with Crippen LogP contribution >= 0.6 is 23.4 Å². The van der Waals surface area contributed by atoms with Crippen LogP contribution in [0, 0.1) is 18.3 Å². The first-order valence-electron chi connectivity index (χ1n) is 8.16. The van der Waals surface area contributed by atoms with E-state index in [0.29, 0.717) is 17.1 Å². The van der Waals surface area contributed by atoms with E-state index in [1.165, 1.54) is 16.7 Å². The van der Waals surface area contributed by atoms with Gasteiger partial charge >= 0.3 is 0 Å². The number of nitrogens with zero attached hydrogens (tertiary/aromatic N) is 2. The molecule has 0 aliphatic carbocycles. The van der Waals surface area contributed by atoms with E-state index in [2.05, 4.69) is 0 Å². The Morgan fingerprint density at radius 2 is 2.00 bits per heavy atom. The van der Waals surface area contributed by atoms with Gasteiger partial charge in [0.1, 0.15) is 16.7 Å². The molecular formula is C20H16ClN3O2S. The minimum absolute atomic E-state index is 0.201. The standard InChI is InChI=1S/C20H16ClN3O2S/c1-12-5-7-15(8-6-12)24-19(26)17(10-13-3-2-4-14(21)9-13)27-20(24)16(11-22)18(23)25/h2-9,17H,10H2,1H3,(H2,23,25)/b20-16+/t17-/m0/s1. The van der Waals surface area contributed by atoms with Crippen LogP contribution in [0.3, 0.4) is 0 Å². The van der Waals surface area contributed by atoms with Crippen molar-refractivity contribution in [1.29, 1.82) is 5.26 Å². The van der Waals surface area contributed by atoms with Gasteiger partial charge in [0, 0.05) is 10.7 Å². The maximum absolute atomic E-state index is 13.1. The molecule has 1 atom stereocenters. The molecule has 2 aromatic carbocycles. The summed E-state index contributed by atoms with van der Waals surface area (Å²) in [6.07, 6.45) is 0.424. The van der Waals surface area contributed by atoms with Gasteiger partial charge in [0.05, 0.1) is 5.25 Å². The first-order valence-corrected chi connectivity index (χ1v) is 9.42. The van der Waals surface area contributed by atoms with Gasteiger partial charge in [0.2, 0.25) is 5.91 Å². The number of anilines is 1. The molecule has 1 aliphatic heterocycles. The molecule has 0 spiro atoms. The van der Waals surface area contributed by atoms with E-state index in [9.17, 15) is 14.9 Å². The molecule has 2 N–H and O–H groups in total. The van der Waals surface area contributed by atoms with Crippen LogP contribution in [0.25, 0.3) is 0 Å². The third-order valence-corrected chi connectivity index (χ3v) is 5.63. The summed E-state index contributed by atoms with van der Waals surface area (Å²) in [6.45, 7) is 1.94. The average molecular weight is 398 g/mol. The summed E-state index contributed by atoms with van der Waals surface area (Å²) in [5.74, 6) is -1.05. The summed E-state index contributed by atoms with van der Waals surface area (Å²) >= 11 is 7.21. The molecule has 1 aliphatic rings. The Bertz CT molecular complexity index is 979. The summed E-state index contributed by atoms with van der Waals surface area (Å²) in [5.41, 5.74) is 7.68. The lowest BCUT2D eigenvalue weighted by molar-refractivity contribution is -0.117. The molecule has 0 bridgehead atoms. The zero-order chi connectivity index (χ0) is 19.6. The van der Waals surface area contributed by atoms with Crippen LogP contribution in [-0.2, 0) is 16.0 Å². The second-order valence-corrected chi connectivity index (χ2v) is 7.73. The number of carbonyl (C=O) groups excluding carboxylic acids is 2. The summed E-state index contributed by atoms with van der Waals surface area (Å²) in [7, 11) is 0. The molecule has 0 radical (unpaired) electrons. The summed E-state index contributed by atoms with van der Waals surface area (Å²) in [4.78, 5) is 26.3. The number of nitriles is 1. The minimum atomic E-state index is -0.853. The van der Waals surface area contributed by atoms with Crippen molar-refractivity contribution < 1.29 is 9.59 Å². The molecule has 0 saturated carbocycles. The molecule has 5 nitrogen and oxygen atoms in total. The molecule has 1 heterocycles. The topological polar surface area (TPSA) is 87.2 Å². The van der Waals surface area contributed by atoms with Gasteiger partial charge in [-0.25, -0.2) is 0 Å². The number of hydrogen-bond donors (Lipinski definition) is 1. The number of aryl methyl sites for hydroxylation is 1. The molecule has 2 amide bonds. The SMILES string of the molecule is Cc1ccc(N2C(=O)[C@H](Cc3cccc(Cl)c3)S/C2=C(\C#N)C(N)=O)cc1. The lowest BCUT2D eigenvalue weighted by Gasteiger charge is -2.18. The first-order chi connectivity index (χ1) is 12.9. The second kappa shape index (κ2) is 7.87. The lowest BCUT2D eigenvalue weighted by atomic mass is 10.1. The predicted octanol–water partition coefficient (Wildman–Crippen LogP) is 3.56. The fourth-order valence-corrected chi connectivity index (χ4v) is 4.34. The summed E-state index contributed by atoms with van der Waals surface area (Å²) in [6, 6.07) is 16.4. The third kappa shape index (κ3) is 4.00. The van der Waals surface area contributed by atoms with E-state index >= 15 is 0 Å². The number of halogens is 1. The number of carbonyl (C=O) groups is 2. The highest BCUT2D eigenvalue weighted by molar-refractivity contribution is 8.05. The largest absolute Gasteiger partial charge is 0.365 e. The van der Waals surface area contributed by atoms with Gasteiger partial charge in [0.15, 0.2) is 0 Å². The van der Waals surface area contributed by atoms with Gasteiger partial charge < -0.3 is 5.73 Å². The van der Waals surface area contributed by atoms with Gasteiger partial charge in [-0.1, -0.05) is 53.2 Å². The van der Waals surface area contributed by atoms with Crippen LogP contribution in [0.5, 0.6) is 0 Å². The Morgan fingerprint density at radius 3 is 2.59 bits per heavy atom. The molecule has 1 saturated heterocycles. The molecule has 2 aromatic rings. The van der Waals surface area contributed by atoms with Crippen LogP contribution < -0.4 is 10.6 Å². The molecule has 1 fully saturated rings. The Balaban J connectivity index is 2.03. The molecule has 0 aromatic heterocycles. The zero-order valence-electron chi connectivity index (χ0n) is 14.5. The van der Waals surface area contributed by atoms with E-state index in [4.69, 9.17) is 17.3 Å². The number of thioether (sulfide) groups is 1. The van der Waals surface area contributed by atoms with Crippen molar-refractivity contribution in [2.24, 2.45) is 5.73 Å². The second-order valence-electron chi connectivity index (χ2n) is 6.11. The average Bonchev–Trinajstić information content (AvgIpc) is 2.92. The summed E-state index contributed by atoms with van der Waals surface area (Å²) in [5, 5.41) is 9.76. The smallest absolute Gasteiger partial charge is 0.262 e. The Hall–Kier alpha value is -2.75. The monoisotopic (exact) mass is 397 g/mol. The van der Waals surface area contributed by atoms with Crippen LogP contribution in [0.15, 0.2) is 59.1 Å². The molecule has 3 rings (SSSR count). The van der Waals surface area contributed by atoms with Crippen molar-refractivity contribution in [2.45, 2.75) is 18.6 Å². The highest BCUT2D eigenvalue weighted by atomic mass is 35.5. The van der Waals surface area contributed by atoms with E-state index in [-0.39, 0.29) is 16.5 Å². The molecule has 7 heteroatoms. The molecular weight excluding hydrogens is 382 g/mol. The van der Waals surface area contributed by atoms with Crippen molar-refractivity contribution in [3.63, 3.8) is 0 Å². The fraction of sp³-hybridized carbons (Fsp3) is 0.150. The third-order valence-electron chi connectivity index (χ3n) is 4.13. The van der Waals surface area contributed by atoms with E-state index in [0.717, 1.165) is 11.1 Å². The molecule has 27 heavy (non-hydrogen) atoms. The fourth-order valence-electron chi connectivity index (χ4n) is 2.81. The number of benzene rings is 2. The highest BCUT2D eigenvalue weighted by Gasteiger charge is 2.40. The highest BCUT2D eigenvalue weighted by Crippen LogP contribution is 2.41. The van der Waals surface area contributed by atoms with Crippen molar-refractivity contribution >= 4 is 40.9 Å². The normalized spacial score (nSPS) is 18.3. The van der Waals surface area contributed by atoms with E-state index in [1.54, 1.807) is 24.3 Å². The van der Waals surface area contributed by atoms with Crippen molar-refractivity contribution in [3.8, 4) is 6.07 Å². The van der Waals surface area contributed by atoms with Gasteiger partial charge in [-0.05, 0) is 43.2 Å². The van der Waals surface area contributed by atoms with Crippen LogP contribution in [0.1, 0.15) is 11.1 Å². The first kappa shape index (κ1) is 19.0. The van der Waals surface area contributed by atoms with Gasteiger partial charge in [-0.3, -0.25) is 14.5 Å². The number of amides is 2. The van der Waals surface area contributed by atoms with Crippen molar-refractivity contribution in [3.05, 3.63) is 75.3 Å². The minimum Gasteiger partial charge on any atom is -0.365 e. The van der Waals surface area contributed by atoms with Crippen LogP contribution in [0.4, 0.5) is 5.69 Å². The van der Waals surface area contributed by atoms with Gasteiger partial charge in [-0.15, -0.1) is 0 Å². The number of primary amides is 1. The zero-order valence-corrected chi connectivity index (χ0v) is 16.1. The van der Waals surface area contributed by atoms with Crippen LogP contribution in [-0.4, -0.2) is 17.1 Å². The lowest BCUT2D eigenvalue weighted by Crippen LogP contribution is -2.31. The van der Waals surface area contributed by atoms with Gasteiger partial charge in [0.25, 0.3) is 5.91 Å². The molecule has 136 valence electrons. The maximum atomic E-state index is 13.1. The van der Waals surface area contributed by atoms with E-state index < -0.39 is 11.2 Å². The number of rotatable bonds is 4. The maximum Gasteiger partial charge on any atom is 0.262 e. The van der Waals surface area contributed by atoms with Crippen molar-refractivity contribution in [2.75, 3.05) is 4.90 Å². The number of nitrogens with two attached hydrogens (primary N) is 1. The van der Waals surface area contributed by atoms with E-state index in [1.807, 2.05) is 37.3 Å². The molecule has 0 unspecified atom stereocenters. The summed E-state index contributed by atoms with van der Waals surface area (Å²) < 4.78 is 0. The number of hydrogen-bond acceptors (Lipinski definition) is 4. The Morgan fingerprint density at radius 1 is 1.30 bits per heavy atom. The van der Waals surface area contributed by atoms with Gasteiger partial charge in [-0.2, -0.15) is 5.26 Å². The Kier molecular flexibility index (Phi) is 5.54. The van der Waals surface area contributed by atoms with Crippen molar-refractivity contribution in [1.82, 2.24) is 0 Å². The van der Waals surface area contributed by atoms with Crippen LogP contribution in [0.2, 0.25) is 5.02 Å². The predicted molar refractivity (Wildman–Crippen MR) is 107 cm³/mol.